The molecule has 0 saturated carbocycles. The number of benzene rings is 2. The van der Waals surface area contributed by atoms with Crippen LogP contribution in [0, 0.1) is 0 Å². The van der Waals surface area contributed by atoms with Gasteiger partial charge in [-0.15, -0.1) is 11.3 Å². The largest absolute Gasteiger partial charge is 0.486 e. The number of hydrogen-bond donors (Lipinski definition) is 0. The highest BCUT2D eigenvalue weighted by molar-refractivity contribution is 7.09. The molecule has 2 aromatic heterocycles. The Morgan fingerprint density at radius 1 is 1.16 bits per heavy atom. The van der Waals surface area contributed by atoms with Crippen molar-refractivity contribution in [3.05, 3.63) is 105 Å². The Kier molecular flexibility index (Phi) is 7.37. The summed E-state index contributed by atoms with van der Waals surface area (Å²) in [6.07, 6.45) is 2.87. The van der Waals surface area contributed by atoms with E-state index < -0.39 is 0 Å². The number of nitrogens with zero attached hydrogens (tertiary/aromatic N) is 3. The van der Waals surface area contributed by atoms with Crippen molar-refractivity contribution in [1.82, 2.24) is 14.8 Å². The number of amides is 2. The van der Waals surface area contributed by atoms with E-state index in [0.29, 0.717) is 31.0 Å². The molecule has 8 heteroatoms. The lowest BCUT2D eigenvalue weighted by Crippen LogP contribution is -2.40. The highest BCUT2D eigenvalue weighted by Crippen LogP contribution is 2.37. The van der Waals surface area contributed by atoms with E-state index in [2.05, 4.69) is 23.2 Å². The van der Waals surface area contributed by atoms with Gasteiger partial charge in [0, 0.05) is 25.4 Å². The normalized spacial score (nSPS) is 14.8. The summed E-state index contributed by atoms with van der Waals surface area (Å²) in [5.74, 6) is 1.40. The van der Waals surface area contributed by atoms with Crippen molar-refractivity contribution in [3.8, 4) is 5.75 Å². The van der Waals surface area contributed by atoms with Gasteiger partial charge in [0.2, 0.25) is 5.91 Å². The molecule has 1 aliphatic heterocycles. The molecule has 0 fully saturated rings. The molecule has 1 atom stereocenters. The predicted molar refractivity (Wildman–Crippen MR) is 141 cm³/mol. The zero-order valence-corrected chi connectivity index (χ0v) is 21.7. The van der Waals surface area contributed by atoms with Crippen molar-refractivity contribution in [2.45, 2.75) is 39.0 Å². The third-order valence-electron chi connectivity index (χ3n) is 6.54. The molecule has 0 saturated heterocycles. The molecule has 1 unspecified atom stereocenters. The summed E-state index contributed by atoms with van der Waals surface area (Å²) in [6.45, 7) is 3.24. The molecule has 190 valence electrons. The average molecular weight is 516 g/mol. The molecule has 3 heterocycles. The van der Waals surface area contributed by atoms with Crippen LogP contribution in [0.2, 0.25) is 0 Å². The maximum Gasteiger partial charge on any atom is 0.273 e. The van der Waals surface area contributed by atoms with Crippen molar-refractivity contribution in [3.63, 3.8) is 0 Å². The monoisotopic (exact) mass is 515 g/mol. The zero-order valence-electron chi connectivity index (χ0n) is 20.9. The summed E-state index contributed by atoms with van der Waals surface area (Å²) in [5.41, 5.74) is 3.79. The summed E-state index contributed by atoms with van der Waals surface area (Å²) < 4.78 is 11.4. The van der Waals surface area contributed by atoms with Gasteiger partial charge in [-0.2, -0.15) is 0 Å². The fourth-order valence-electron chi connectivity index (χ4n) is 4.67. The maximum absolute atomic E-state index is 12.8. The minimum atomic E-state index is -0.168. The summed E-state index contributed by atoms with van der Waals surface area (Å²) >= 11 is 1.40. The molecule has 0 radical (unpaired) electrons. The number of thiazole rings is 1. The van der Waals surface area contributed by atoms with E-state index in [-0.39, 0.29) is 24.5 Å². The van der Waals surface area contributed by atoms with Gasteiger partial charge in [0.15, 0.2) is 0 Å². The van der Waals surface area contributed by atoms with E-state index in [0.717, 1.165) is 28.3 Å². The molecule has 37 heavy (non-hydrogen) atoms. The van der Waals surface area contributed by atoms with E-state index in [1.165, 1.54) is 16.9 Å². The van der Waals surface area contributed by atoms with Crippen molar-refractivity contribution < 1.29 is 18.7 Å². The van der Waals surface area contributed by atoms with Gasteiger partial charge in [0.25, 0.3) is 5.91 Å². The lowest BCUT2D eigenvalue weighted by Gasteiger charge is -2.38. The van der Waals surface area contributed by atoms with E-state index in [1.807, 2.05) is 48.2 Å². The Bertz CT molecular complexity index is 1370. The van der Waals surface area contributed by atoms with Crippen LogP contribution in [0.1, 0.15) is 57.3 Å². The molecule has 5 rings (SSSR count). The second-order valence-corrected chi connectivity index (χ2v) is 9.96. The molecule has 0 N–H and O–H groups in total. The van der Waals surface area contributed by atoms with E-state index in [1.54, 1.807) is 29.7 Å². The van der Waals surface area contributed by atoms with E-state index in [9.17, 15) is 9.59 Å². The third kappa shape index (κ3) is 5.44. The molecule has 7 nitrogen and oxygen atoms in total. The molecule has 0 spiro atoms. The number of rotatable bonds is 8. The zero-order chi connectivity index (χ0) is 25.8. The molecule has 2 amide bonds. The van der Waals surface area contributed by atoms with Crippen LogP contribution < -0.4 is 4.74 Å². The molecular formula is C29H29N3O4S. The first-order valence-electron chi connectivity index (χ1n) is 12.4. The Hall–Kier alpha value is -3.91. The molecule has 1 aliphatic rings. The van der Waals surface area contributed by atoms with Crippen LogP contribution in [0.15, 0.2) is 76.7 Å². The minimum absolute atomic E-state index is 0.142. The van der Waals surface area contributed by atoms with Crippen molar-refractivity contribution in [2.24, 2.45) is 0 Å². The van der Waals surface area contributed by atoms with Gasteiger partial charge in [0.1, 0.15) is 28.8 Å². The Labute approximate surface area is 220 Å². The number of fused-ring (bicyclic) bond motifs is 1. The molecule has 4 aromatic rings. The molecule has 0 aliphatic carbocycles. The van der Waals surface area contributed by atoms with Gasteiger partial charge in [0.05, 0.1) is 18.8 Å². The second-order valence-electron chi connectivity index (χ2n) is 9.02. The number of furan rings is 1. The summed E-state index contributed by atoms with van der Waals surface area (Å²) in [6, 6.07) is 19.7. The fraction of sp³-hybridized carbons (Fsp3) is 0.276. The lowest BCUT2D eigenvalue weighted by atomic mass is 9.87. The molecule has 2 aromatic carbocycles. The smallest absolute Gasteiger partial charge is 0.273 e. The summed E-state index contributed by atoms with van der Waals surface area (Å²) in [4.78, 5) is 33.6. The average Bonchev–Trinajstić information content (AvgIpc) is 3.63. The quantitative estimate of drug-likeness (QED) is 0.311. The predicted octanol–water partition coefficient (Wildman–Crippen LogP) is 5.47. The van der Waals surface area contributed by atoms with E-state index >= 15 is 0 Å². The van der Waals surface area contributed by atoms with Gasteiger partial charge in [-0.05, 0) is 47.4 Å². The van der Waals surface area contributed by atoms with Crippen LogP contribution in [-0.4, -0.2) is 40.2 Å². The summed E-state index contributed by atoms with van der Waals surface area (Å²) in [7, 11) is 1.73. The van der Waals surface area contributed by atoms with Crippen LogP contribution in [-0.2, 0) is 24.4 Å². The number of aromatic nitrogens is 1. The Balaban J connectivity index is 1.31. The fourth-order valence-corrected chi connectivity index (χ4v) is 5.35. The third-order valence-corrected chi connectivity index (χ3v) is 7.36. The van der Waals surface area contributed by atoms with Gasteiger partial charge >= 0.3 is 0 Å². The number of hydrogen-bond acceptors (Lipinski definition) is 6. The van der Waals surface area contributed by atoms with Crippen LogP contribution in [0.3, 0.4) is 0 Å². The Morgan fingerprint density at radius 2 is 2.00 bits per heavy atom. The standard InChI is InChI=1S/C29H29N3O4S/c1-3-27(33)32-14-13-20-11-12-22(16-24(20)28(32)21-8-5-4-6-9-21)36-18-26-30-25(19-37-26)29(34)31(2)17-23-10-7-15-35-23/h4-12,15-16,19,28H,3,13-14,17-18H2,1-2H3. The van der Waals surface area contributed by atoms with Crippen molar-refractivity contribution in [1.29, 1.82) is 0 Å². The van der Waals surface area contributed by atoms with Crippen LogP contribution in [0.25, 0.3) is 0 Å². The van der Waals surface area contributed by atoms with Crippen LogP contribution >= 0.6 is 11.3 Å². The molecule has 0 bridgehead atoms. The highest BCUT2D eigenvalue weighted by atomic mass is 32.1. The van der Waals surface area contributed by atoms with Crippen molar-refractivity contribution in [2.75, 3.05) is 13.6 Å². The van der Waals surface area contributed by atoms with Gasteiger partial charge in [-0.1, -0.05) is 43.3 Å². The highest BCUT2D eigenvalue weighted by Gasteiger charge is 2.31. The number of carbonyl (C=O) groups excluding carboxylic acids is 2. The van der Waals surface area contributed by atoms with Gasteiger partial charge in [-0.3, -0.25) is 9.59 Å². The van der Waals surface area contributed by atoms with E-state index in [4.69, 9.17) is 9.15 Å². The maximum atomic E-state index is 12.8. The van der Waals surface area contributed by atoms with Crippen LogP contribution in [0.4, 0.5) is 0 Å². The summed E-state index contributed by atoms with van der Waals surface area (Å²) in [5, 5.41) is 2.47. The SMILES string of the molecule is CCC(=O)N1CCc2ccc(OCc3nc(C(=O)N(C)Cc4ccco4)cs3)cc2C1c1ccccc1. The molecular weight excluding hydrogens is 486 g/mol. The van der Waals surface area contributed by atoms with Crippen LogP contribution in [0.5, 0.6) is 5.75 Å². The first-order valence-corrected chi connectivity index (χ1v) is 13.2. The Morgan fingerprint density at radius 3 is 2.76 bits per heavy atom. The first-order chi connectivity index (χ1) is 18.0. The van der Waals surface area contributed by atoms with Crippen molar-refractivity contribution >= 4 is 23.2 Å². The second kappa shape index (κ2) is 11.0. The minimum Gasteiger partial charge on any atom is -0.486 e. The number of ether oxygens (including phenoxy) is 1. The number of carbonyl (C=O) groups is 2. The topological polar surface area (TPSA) is 75.9 Å². The van der Waals surface area contributed by atoms with Gasteiger partial charge in [-0.25, -0.2) is 4.98 Å². The first kappa shape index (κ1) is 24.8. The van der Waals surface area contributed by atoms with Gasteiger partial charge < -0.3 is 19.0 Å². The lowest BCUT2D eigenvalue weighted by molar-refractivity contribution is -0.132.